The molecule has 3 nitrogen and oxygen atoms in total. The van der Waals surface area contributed by atoms with E-state index in [1.165, 1.54) is 32.3 Å². The lowest BCUT2D eigenvalue weighted by atomic mass is 9.76. The molecular formula is C13H22N2O. The lowest BCUT2D eigenvalue weighted by Crippen LogP contribution is -2.40. The molecule has 0 bridgehead atoms. The van der Waals surface area contributed by atoms with Gasteiger partial charge in [0.25, 0.3) is 0 Å². The van der Waals surface area contributed by atoms with Crippen molar-refractivity contribution in [1.82, 2.24) is 9.88 Å². The van der Waals surface area contributed by atoms with Gasteiger partial charge in [0.2, 0.25) is 0 Å². The molecule has 1 fully saturated rings. The standard InChI is InChI=1S/C13H22N2O/c1-13(2,3)11-5-4-6-15(7-11)8-12-9-16-10-14-12/h9-11H,4-8H2,1-3H3. The summed E-state index contributed by atoms with van der Waals surface area (Å²) in [6.07, 6.45) is 5.93. The van der Waals surface area contributed by atoms with Crippen LogP contribution in [-0.4, -0.2) is 23.0 Å². The third-order valence-corrected chi connectivity index (χ3v) is 3.60. The van der Waals surface area contributed by atoms with Gasteiger partial charge in [-0.3, -0.25) is 4.90 Å². The van der Waals surface area contributed by atoms with Crippen LogP contribution in [0.4, 0.5) is 0 Å². The van der Waals surface area contributed by atoms with Gasteiger partial charge in [0.1, 0.15) is 6.26 Å². The molecule has 1 unspecified atom stereocenters. The first kappa shape index (κ1) is 11.6. The number of nitrogens with zero attached hydrogens (tertiary/aromatic N) is 2. The van der Waals surface area contributed by atoms with Crippen molar-refractivity contribution in [2.45, 2.75) is 40.2 Å². The Hall–Kier alpha value is -0.830. The van der Waals surface area contributed by atoms with Crippen molar-refractivity contribution in [3.63, 3.8) is 0 Å². The fourth-order valence-electron chi connectivity index (χ4n) is 2.45. The molecule has 0 saturated carbocycles. The van der Waals surface area contributed by atoms with E-state index in [1.807, 2.05) is 0 Å². The highest BCUT2D eigenvalue weighted by Crippen LogP contribution is 2.33. The SMILES string of the molecule is CC(C)(C)C1CCCN(Cc2cocn2)C1. The summed E-state index contributed by atoms with van der Waals surface area (Å²) < 4.78 is 5.01. The summed E-state index contributed by atoms with van der Waals surface area (Å²) >= 11 is 0. The van der Waals surface area contributed by atoms with Crippen LogP contribution < -0.4 is 0 Å². The molecule has 16 heavy (non-hydrogen) atoms. The lowest BCUT2D eigenvalue weighted by Gasteiger charge is -2.39. The smallest absolute Gasteiger partial charge is 0.180 e. The maximum atomic E-state index is 5.01. The van der Waals surface area contributed by atoms with Crippen molar-refractivity contribution in [1.29, 1.82) is 0 Å². The summed E-state index contributed by atoms with van der Waals surface area (Å²) in [7, 11) is 0. The number of piperidine rings is 1. The van der Waals surface area contributed by atoms with E-state index < -0.39 is 0 Å². The Kier molecular flexibility index (Phi) is 3.33. The summed E-state index contributed by atoms with van der Waals surface area (Å²) in [5.41, 5.74) is 1.47. The number of hydrogen-bond donors (Lipinski definition) is 0. The first-order valence-electron chi connectivity index (χ1n) is 6.15. The quantitative estimate of drug-likeness (QED) is 0.770. The van der Waals surface area contributed by atoms with Crippen molar-refractivity contribution in [2.24, 2.45) is 11.3 Å². The number of oxazole rings is 1. The van der Waals surface area contributed by atoms with E-state index in [1.54, 1.807) is 6.26 Å². The summed E-state index contributed by atoms with van der Waals surface area (Å²) in [4.78, 5) is 6.69. The van der Waals surface area contributed by atoms with E-state index in [4.69, 9.17) is 4.42 Å². The van der Waals surface area contributed by atoms with E-state index in [9.17, 15) is 0 Å². The van der Waals surface area contributed by atoms with Gasteiger partial charge in [-0.2, -0.15) is 0 Å². The van der Waals surface area contributed by atoms with Gasteiger partial charge in [0.05, 0.1) is 5.69 Å². The Morgan fingerprint density at radius 1 is 1.50 bits per heavy atom. The van der Waals surface area contributed by atoms with Crippen molar-refractivity contribution in [2.75, 3.05) is 13.1 Å². The molecule has 1 aliphatic heterocycles. The average Bonchev–Trinajstić information content (AvgIpc) is 2.70. The zero-order chi connectivity index (χ0) is 11.6. The molecule has 0 radical (unpaired) electrons. The molecule has 0 N–H and O–H groups in total. The van der Waals surface area contributed by atoms with Gasteiger partial charge in [-0.25, -0.2) is 4.98 Å². The highest BCUT2D eigenvalue weighted by molar-refractivity contribution is 4.92. The third kappa shape index (κ3) is 2.85. The Morgan fingerprint density at radius 3 is 2.94 bits per heavy atom. The van der Waals surface area contributed by atoms with Gasteiger partial charge in [0, 0.05) is 13.1 Å². The summed E-state index contributed by atoms with van der Waals surface area (Å²) in [5.74, 6) is 0.799. The van der Waals surface area contributed by atoms with E-state index >= 15 is 0 Å². The van der Waals surface area contributed by atoms with Crippen LogP contribution in [0.5, 0.6) is 0 Å². The average molecular weight is 222 g/mol. The molecule has 2 rings (SSSR count). The molecule has 0 aliphatic carbocycles. The Labute approximate surface area is 97.8 Å². The van der Waals surface area contributed by atoms with Crippen LogP contribution in [0.3, 0.4) is 0 Å². The number of likely N-dealkylation sites (tertiary alicyclic amines) is 1. The molecule has 0 spiro atoms. The van der Waals surface area contributed by atoms with E-state index in [-0.39, 0.29) is 0 Å². The minimum absolute atomic E-state index is 0.419. The topological polar surface area (TPSA) is 29.3 Å². The molecule has 1 aromatic heterocycles. The van der Waals surface area contributed by atoms with Crippen LogP contribution in [0, 0.1) is 11.3 Å². The van der Waals surface area contributed by atoms with Crippen molar-refractivity contribution in [3.05, 3.63) is 18.4 Å². The van der Waals surface area contributed by atoms with Crippen LogP contribution in [-0.2, 0) is 6.54 Å². The minimum atomic E-state index is 0.419. The van der Waals surface area contributed by atoms with Crippen molar-refractivity contribution < 1.29 is 4.42 Å². The van der Waals surface area contributed by atoms with Crippen LogP contribution in [0.2, 0.25) is 0 Å². The fraction of sp³-hybridized carbons (Fsp3) is 0.769. The second-order valence-electron chi connectivity index (χ2n) is 5.92. The number of rotatable bonds is 2. The van der Waals surface area contributed by atoms with Gasteiger partial charge in [-0.15, -0.1) is 0 Å². The molecule has 1 saturated heterocycles. The van der Waals surface area contributed by atoms with Crippen molar-refractivity contribution in [3.8, 4) is 0 Å². The lowest BCUT2D eigenvalue weighted by molar-refractivity contribution is 0.0934. The maximum absolute atomic E-state index is 5.01. The third-order valence-electron chi connectivity index (χ3n) is 3.60. The normalized spacial score (nSPS) is 23.6. The molecule has 3 heteroatoms. The van der Waals surface area contributed by atoms with Gasteiger partial charge >= 0.3 is 0 Å². The van der Waals surface area contributed by atoms with E-state index in [0.29, 0.717) is 5.41 Å². The van der Waals surface area contributed by atoms with Gasteiger partial charge in [0.15, 0.2) is 6.39 Å². The van der Waals surface area contributed by atoms with Crippen LogP contribution in [0.1, 0.15) is 39.3 Å². The highest BCUT2D eigenvalue weighted by Gasteiger charge is 2.29. The number of hydrogen-bond acceptors (Lipinski definition) is 3. The molecule has 90 valence electrons. The highest BCUT2D eigenvalue weighted by atomic mass is 16.3. The molecule has 1 atom stereocenters. The summed E-state index contributed by atoms with van der Waals surface area (Å²) in [5, 5.41) is 0. The Bertz CT molecular complexity index is 313. The van der Waals surface area contributed by atoms with Gasteiger partial charge in [-0.05, 0) is 30.7 Å². The molecule has 1 aromatic rings. The van der Waals surface area contributed by atoms with E-state index in [2.05, 4.69) is 30.7 Å². The fourth-order valence-corrected chi connectivity index (χ4v) is 2.45. The zero-order valence-corrected chi connectivity index (χ0v) is 10.6. The first-order chi connectivity index (χ1) is 7.55. The first-order valence-corrected chi connectivity index (χ1v) is 6.15. The Morgan fingerprint density at radius 2 is 2.31 bits per heavy atom. The van der Waals surface area contributed by atoms with E-state index in [0.717, 1.165) is 18.2 Å². The second-order valence-corrected chi connectivity index (χ2v) is 5.92. The van der Waals surface area contributed by atoms with Gasteiger partial charge < -0.3 is 4.42 Å². The second kappa shape index (κ2) is 4.58. The summed E-state index contributed by atoms with van der Waals surface area (Å²) in [6, 6.07) is 0. The predicted molar refractivity (Wildman–Crippen MR) is 64.0 cm³/mol. The molecule has 1 aliphatic rings. The molecule has 2 heterocycles. The predicted octanol–water partition coefficient (Wildman–Crippen LogP) is 2.93. The van der Waals surface area contributed by atoms with Gasteiger partial charge in [-0.1, -0.05) is 20.8 Å². The molecular weight excluding hydrogens is 200 g/mol. The van der Waals surface area contributed by atoms with Crippen molar-refractivity contribution >= 4 is 0 Å². The monoisotopic (exact) mass is 222 g/mol. The number of aromatic nitrogens is 1. The largest absolute Gasteiger partial charge is 0.451 e. The molecule has 0 aromatic carbocycles. The van der Waals surface area contributed by atoms with Crippen LogP contribution >= 0.6 is 0 Å². The zero-order valence-electron chi connectivity index (χ0n) is 10.6. The maximum Gasteiger partial charge on any atom is 0.180 e. The van der Waals surface area contributed by atoms with Crippen LogP contribution in [0.25, 0.3) is 0 Å². The summed E-state index contributed by atoms with van der Waals surface area (Å²) in [6.45, 7) is 10.4. The minimum Gasteiger partial charge on any atom is -0.451 e. The Balaban J connectivity index is 1.92. The molecule has 0 amide bonds. The van der Waals surface area contributed by atoms with Crippen LogP contribution in [0.15, 0.2) is 17.1 Å².